The predicted molar refractivity (Wildman–Crippen MR) is 73.1 cm³/mol. The molecule has 0 amide bonds. The van der Waals surface area contributed by atoms with Gasteiger partial charge in [0, 0.05) is 11.8 Å². The van der Waals surface area contributed by atoms with Gasteiger partial charge in [-0.2, -0.15) is 0 Å². The molecule has 3 heteroatoms. The van der Waals surface area contributed by atoms with Crippen molar-refractivity contribution >= 4 is 16.9 Å². The highest BCUT2D eigenvalue weighted by atomic mass is 32.2. The number of hydrogen-bond acceptors (Lipinski definition) is 3. The quantitative estimate of drug-likeness (QED) is 0.818. The average molecular weight is 240 g/mol. The second-order valence-corrected chi connectivity index (χ2v) is 7.62. The van der Waals surface area contributed by atoms with Crippen molar-refractivity contribution in [2.75, 3.05) is 13.1 Å². The van der Waals surface area contributed by atoms with Crippen molar-refractivity contribution in [3.8, 4) is 0 Å². The van der Waals surface area contributed by atoms with E-state index < -0.39 is 0 Å². The summed E-state index contributed by atoms with van der Waals surface area (Å²) in [6.07, 6.45) is 5.52. The Labute approximate surface area is 104 Å². The Balaban J connectivity index is 1.66. The maximum Gasteiger partial charge on any atom is 0.156 e. The van der Waals surface area contributed by atoms with Gasteiger partial charge in [0.25, 0.3) is 0 Å². The lowest BCUT2D eigenvalue weighted by Crippen LogP contribution is -2.30. The van der Waals surface area contributed by atoms with E-state index in [1.165, 1.54) is 30.9 Å². The molecular weight excluding hydrogens is 216 g/mol. The third-order valence-electron chi connectivity index (χ3n) is 3.32. The van der Waals surface area contributed by atoms with E-state index in [1.807, 2.05) is 11.8 Å². The largest absolute Gasteiger partial charge is 0.365 e. The molecule has 1 N–H and O–H groups in total. The fraction of sp³-hybridized carbons (Fsp3) is 0.923. The summed E-state index contributed by atoms with van der Waals surface area (Å²) in [4.78, 5) is 4.60. The monoisotopic (exact) mass is 240 g/mol. The standard InChI is InChI=1S/C13H24N2S/c1-13(2,3)7-11-9-15-12(16-11)14-8-10-5-4-6-10/h10-11H,4-9H2,1-3H3,(H,14,15). The number of aliphatic imine (C=N–C) groups is 1. The lowest BCUT2D eigenvalue weighted by Gasteiger charge is -2.26. The highest BCUT2D eigenvalue weighted by Crippen LogP contribution is 2.32. The molecule has 1 unspecified atom stereocenters. The molecule has 1 fully saturated rings. The highest BCUT2D eigenvalue weighted by molar-refractivity contribution is 8.14. The van der Waals surface area contributed by atoms with Crippen molar-refractivity contribution in [1.29, 1.82) is 0 Å². The van der Waals surface area contributed by atoms with E-state index in [-0.39, 0.29) is 0 Å². The van der Waals surface area contributed by atoms with Crippen LogP contribution in [0, 0.1) is 11.3 Å². The van der Waals surface area contributed by atoms with Gasteiger partial charge in [0.15, 0.2) is 5.17 Å². The lowest BCUT2D eigenvalue weighted by atomic mass is 9.86. The van der Waals surface area contributed by atoms with Crippen molar-refractivity contribution in [2.45, 2.75) is 51.7 Å². The molecular formula is C13H24N2S. The van der Waals surface area contributed by atoms with Gasteiger partial charge in [-0.1, -0.05) is 39.0 Å². The molecule has 0 aromatic rings. The van der Waals surface area contributed by atoms with Gasteiger partial charge in [-0.25, -0.2) is 0 Å². The van der Waals surface area contributed by atoms with Crippen molar-refractivity contribution < 1.29 is 0 Å². The first kappa shape index (κ1) is 12.3. The van der Waals surface area contributed by atoms with Gasteiger partial charge < -0.3 is 5.32 Å². The third-order valence-corrected chi connectivity index (χ3v) is 4.47. The first-order valence-electron chi connectivity index (χ1n) is 6.48. The summed E-state index contributed by atoms with van der Waals surface area (Å²) in [6, 6.07) is 0. The molecule has 1 aliphatic heterocycles. The molecule has 2 aliphatic rings. The summed E-state index contributed by atoms with van der Waals surface area (Å²) < 4.78 is 0. The Kier molecular flexibility index (Phi) is 3.83. The molecule has 2 nitrogen and oxygen atoms in total. The normalized spacial score (nSPS) is 26.4. The summed E-state index contributed by atoms with van der Waals surface area (Å²) in [5.41, 5.74) is 0.427. The van der Waals surface area contributed by atoms with Crippen molar-refractivity contribution in [3.63, 3.8) is 0 Å². The molecule has 2 rings (SSSR count). The Morgan fingerprint density at radius 1 is 1.38 bits per heavy atom. The van der Waals surface area contributed by atoms with Crippen molar-refractivity contribution in [2.24, 2.45) is 16.3 Å². The molecule has 1 saturated carbocycles. The molecule has 0 bridgehead atoms. The first-order valence-corrected chi connectivity index (χ1v) is 7.36. The van der Waals surface area contributed by atoms with Crippen LogP contribution in [0.2, 0.25) is 0 Å². The van der Waals surface area contributed by atoms with Crippen LogP contribution in [0.25, 0.3) is 0 Å². The highest BCUT2D eigenvalue weighted by Gasteiger charge is 2.25. The van der Waals surface area contributed by atoms with Gasteiger partial charge in [-0.15, -0.1) is 0 Å². The number of rotatable bonds is 3. The topological polar surface area (TPSA) is 24.4 Å². The van der Waals surface area contributed by atoms with Crippen molar-refractivity contribution in [3.05, 3.63) is 0 Å². The number of thioether (sulfide) groups is 1. The van der Waals surface area contributed by atoms with Crippen LogP contribution in [0.1, 0.15) is 46.5 Å². The fourth-order valence-corrected chi connectivity index (χ4v) is 3.60. The average Bonchev–Trinajstić information content (AvgIpc) is 2.46. The zero-order valence-electron chi connectivity index (χ0n) is 10.8. The van der Waals surface area contributed by atoms with Crippen molar-refractivity contribution in [1.82, 2.24) is 5.32 Å². The zero-order valence-corrected chi connectivity index (χ0v) is 11.6. The molecule has 0 spiro atoms. The molecule has 92 valence electrons. The first-order chi connectivity index (χ1) is 7.53. The van der Waals surface area contributed by atoms with E-state index in [0.29, 0.717) is 10.7 Å². The number of nitrogens with zero attached hydrogens (tertiary/aromatic N) is 1. The molecule has 0 aromatic heterocycles. The number of amidine groups is 1. The van der Waals surface area contributed by atoms with E-state index >= 15 is 0 Å². The van der Waals surface area contributed by atoms with E-state index in [4.69, 9.17) is 0 Å². The molecule has 1 aliphatic carbocycles. The smallest absolute Gasteiger partial charge is 0.156 e. The lowest BCUT2D eigenvalue weighted by molar-refractivity contribution is 0.316. The minimum absolute atomic E-state index is 0.427. The second-order valence-electron chi connectivity index (χ2n) is 6.33. The van der Waals surface area contributed by atoms with Gasteiger partial charge >= 0.3 is 0 Å². The molecule has 0 saturated heterocycles. The second kappa shape index (κ2) is 4.99. The minimum atomic E-state index is 0.427. The molecule has 0 radical (unpaired) electrons. The third kappa shape index (κ3) is 3.69. The van der Waals surface area contributed by atoms with Gasteiger partial charge in [-0.05, 0) is 30.6 Å². The van der Waals surface area contributed by atoms with E-state index in [1.54, 1.807) is 0 Å². The van der Waals surface area contributed by atoms with Crippen LogP contribution in [-0.4, -0.2) is 23.5 Å². The Morgan fingerprint density at radius 2 is 2.12 bits per heavy atom. The predicted octanol–water partition coefficient (Wildman–Crippen LogP) is 3.28. The van der Waals surface area contributed by atoms with Crippen LogP contribution in [-0.2, 0) is 0 Å². The zero-order chi connectivity index (χ0) is 11.6. The maximum atomic E-state index is 4.60. The van der Waals surface area contributed by atoms with Gasteiger partial charge in [0.05, 0.1) is 6.54 Å². The van der Waals surface area contributed by atoms with Crippen LogP contribution >= 0.6 is 11.8 Å². The molecule has 1 heterocycles. The number of nitrogens with one attached hydrogen (secondary N) is 1. The molecule has 0 aromatic carbocycles. The maximum absolute atomic E-state index is 4.60. The number of hydrogen-bond donors (Lipinski definition) is 1. The van der Waals surface area contributed by atoms with Crippen LogP contribution in [0.15, 0.2) is 4.99 Å². The Hall–Kier alpha value is -0.180. The van der Waals surface area contributed by atoms with E-state index in [9.17, 15) is 0 Å². The summed E-state index contributed by atoms with van der Waals surface area (Å²) in [5, 5.41) is 5.41. The van der Waals surface area contributed by atoms with Crippen LogP contribution in [0.5, 0.6) is 0 Å². The summed E-state index contributed by atoms with van der Waals surface area (Å²) in [7, 11) is 0. The van der Waals surface area contributed by atoms with Gasteiger partial charge in [0.2, 0.25) is 0 Å². The van der Waals surface area contributed by atoms with Crippen LogP contribution in [0.3, 0.4) is 0 Å². The van der Waals surface area contributed by atoms with Crippen LogP contribution < -0.4 is 5.32 Å². The Morgan fingerprint density at radius 3 is 2.69 bits per heavy atom. The van der Waals surface area contributed by atoms with Crippen LogP contribution in [0.4, 0.5) is 0 Å². The van der Waals surface area contributed by atoms with E-state index in [2.05, 4.69) is 31.1 Å². The van der Waals surface area contributed by atoms with Gasteiger partial charge in [0.1, 0.15) is 0 Å². The van der Waals surface area contributed by atoms with Gasteiger partial charge in [-0.3, -0.25) is 4.99 Å². The molecule has 1 atom stereocenters. The Bertz CT molecular complexity index is 264. The minimum Gasteiger partial charge on any atom is -0.365 e. The molecule has 16 heavy (non-hydrogen) atoms. The SMILES string of the molecule is CC(C)(C)CC1CN=C(NCC2CCC2)S1. The van der Waals surface area contributed by atoms with E-state index in [0.717, 1.165) is 19.0 Å². The summed E-state index contributed by atoms with van der Waals surface area (Å²) >= 11 is 1.95. The summed E-state index contributed by atoms with van der Waals surface area (Å²) in [5.74, 6) is 0.921. The summed E-state index contributed by atoms with van der Waals surface area (Å²) in [6.45, 7) is 9.09. The fourth-order valence-electron chi connectivity index (χ4n) is 2.23.